The number of nitrogens with one attached hydrogen (secondary N) is 1. The molecule has 1 aromatic heterocycles. The first-order valence-corrected chi connectivity index (χ1v) is 5.63. The number of aryl methyl sites for hydroxylation is 2. The van der Waals surface area contributed by atoms with Crippen molar-refractivity contribution in [3.63, 3.8) is 0 Å². The van der Waals surface area contributed by atoms with Crippen LogP contribution in [0.25, 0.3) is 0 Å². The molecule has 1 N–H and O–H groups in total. The van der Waals surface area contributed by atoms with Gasteiger partial charge in [-0.05, 0) is 43.3 Å². The van der Waals surface area contributed by atoms with Gasteiger partial charge in [-0.25, -0.2) is 4.98 Å². The maximum atomic E-state index is 10.7. The topological polar surface area (TPSA) is 58.6 Å². The first kappa shape index (κ1) is 10.9. The highest BCUT2D eigenvalue weighted by molar-refractivity contribution is 7.99. The lowest BCUT2D eigenvalue weighted by atomic mass is 10.1. The fourth-order valence-electron chi connectivity index (χ4n) is 1.32. The van der Waals surface area contributed by atoms with Gasteiger partial charge in [-0.1, -0.05) is 6.07 Å². The van der Waals surface area contributed by atoms with Crippen LogP contribution in [0.3, 0.4) is 0 Å². The number of hydrogen-bond acceptors (Lipinski definition) is 4. The van der Waals surface area contributed by atoms with E-state index in [4.69, 9.17) is 0 Å². The highest BCUT2D eigenvalue weighted by atomic mass is 32.2. The highest BCUT2D eigenvalue weighted by Crippen LogP contribution is 2.25. The summed E-state index contributed by atoms with van der Waals surface area (Å²) in [6, 6.07) is 5.66. The summed E-state index contributed by atoms with van der Waals surface area (Å²) in [5.74, 6) is 0.795. The fraction of sp³-hybridized carbons (Fsp3) is 0.182. The Morgan fingerprint density at radius 2 is 2.19 bits per heavy atom. The molecule has 2 aromatic rings. The number of aromatic nitrogens is 3. The Labute approximate surface area is 97.5 Å². The van der Waals surface area contributed by atoms with E-state index in [9.17, 15) is 4.79 Å². The lowest BCUT2D eigenvalue weighted by Gasteiger charge is -2.01. The van der Waals surface area contributed by atoms with Gasteiger partial charge < -0.3 is 0 Å². The van der Waals surface area contributed by atoms with Crippen LogP contribution in [0.15, 0.2) is 28.3 Å². The van der Waals surface area contributed by atoms with Crippen molar-refractivity contribution in [2.24, 2.45) is 0 Å². The van der Waals surface area contributed by atoms with Crippen LogP contribution >= 0.6 is 11.8 Å². The van der Waals surface area contributed by atoms with Crippen molar-refractivity contribution in [2.75, 3.05) is 0 Å². The molecule has 2 rings (SSSR count). The lowest BCUT2D eigenvalue weighted by Crippen LogP contribution is -1.86. The van der Waals surface area contributed by atoms with Crippen LogP contribution in [0.1, 0.15) is 21.7 Å². The molecule has 82 valence electrons. The summed E-state index contributed by atoms with van der Waals surface area (Å²) in [5, 5.41) is 7.52. The number of aromatic amines is 1. The van der Waals surface area contributed by atoms with Crippen LogP contribution in [0.4, 0.5) is 0 Å². The van der Waals surface area contributed by atoms with Gasteiger partial charge in [0.05, 0.1) is 0 Å². The third kappa shape index (κ3) is 2.30. The van der Waals surface area contributed by atoms with Gasteiger partial charge in [0.2, 0.25) is 5.16 Å². The Kier molecular flexibility index (Phi) is 3.05. The number of benzene rings is 1. The zero-order chi connectivity index (χ0) is 11.5. The molecule has 16 heavy (non-hydrogen) atoms. The number of rotatable bonds is 3. The molecule has 0 atom stereocenters. The van der Waals surface area contributed by atoms with Crippen molar-refractivity contribution in [2.45, 2.75) is 23.9 Å². The summed E-state index contributed by atoms with van der Waals surface area (Å²) in [6.45, 7) is 3.77. The second kappa shape index (κ2) is 4.49. The first-order valence-electron chi connectivity index (χ1n) is 4.82. The van der Waals surface area contributed by atoms with E-state index in [1.807, 2.05) is 32.0 Å². The number of nitrogens with zero attached hydrogens (tertiary/aromatic N) is 2. The van der Waals surface area contributed by atoms with Crippen molar-refractivity contribution >= 4 is 18.0 Å². The van der Waals surface area contributed by atoms with Crippen LogP contribution in [0.5, 0.6) is 0 Å². The molecule has 4 nitrogen and oxygen atoms in total. The van der Waals surface area contributed by atoms with E-state index in [2.05, 4.69) is 15.2 Å². The number of carbonyl (C=O) groups is 1. The number of carbonyl (C=O) groups excluding carboxylic acids is 1. The van der Waals surface area contributed by atoms with Gasteiger partial charge in [0.25, 0.3) is 0 Å². The normalized spacial score (nSPS) is 10.4. The molecule has 0 saturated heterocycles. The third-order valence-corrected chi connectivity index (χ3v) is 3.01. The maximum absolute atomic E-state index is 10.7. The van der Waals surface area contributed by atoms with E-state index in [0.29, 0.717) is 5.16 Å². The van der Waals surface area contributed by atoms with Crippen molar-refractivity contribution in [3.8, 4) is 0 Å². The van der Waals surface area contributed by atoms with Crippen LogP contribution in [0, 0.1) is 13.8 Å². The molecule has 0 bridgehead atoms. The molecule has 0 aliphatic rings. The van der Waals surface area contributed by atoms with Crippen LogP contribution < -0.4 is 0 Å². The largest absolute Gasteiger partial charge is 0.298 e. The van der Waals surface area contributed by atoms with Gasteiger partial charge in [0, 0.05) is 10.5 Å². The zero-order valence-corrected chi connectivity index (χ0v) is 9.84. The molecule has 0 radical (unpaired) electrons. The minimum absolute atomic E-state index is 0.691. The second-order valence-electron chi connectivity index (χ2n) is 3.44. The number of hydrogen-bond donors (Lipinski definition) is 1. The van der Waals surface area contributed by atoms with Crippen LogP contribution in [0.2, 0.25) is 0 Å². The van der Waals surface area contributed by atoms with Crippen LogP contribution in [-0.4, -0.2) is 21.5 Å². The Morgan fingerprint density at radius 1 is 1.38 bits per heavy atom. The molecule has 1 heterocycles. The predicted octanol–water partition coefficient (Wildman–Crippen LogP) is 2.39. The maximum Gasteiger partial charge on any atom is 0.213 e. The summed E-state index contributed by atoms with van der Waals surface area (Å²) in [5.41, 5.74) is 1.68. The van der Waals surface area contributed by atoms with Gasteiger partial charge in [-0.15, -0.1) is 5.10 Å². The van der Waals surface area contributed by atoms with Gasteiger partial charge in [-0.2, -0.15) is 0 Å². The molecule has 0 fully saturated rings. The second-order valence-corrected chi connectivity index (χ2v) is 4.48. The molecule has 0 aliphatic heterocycles. The fourth-order valence-corrected chi connectivity index (χ4v) is 2.17. The number of aldehydes is 1. The summed E-state index contributed by atoms with van der Waals surface area (Å²) in [7, 11) is 0. The van der Waals surface area contributed by atoms with Crippen molar-refractivity contribution in [1.29, 1.82) is 0 Å². The Bertz CT molecular complexity index is 522. The summed E-state index contributed by atoms with van der Waals surface area (Å²) < 4.78 is 0. The molecule has 0 spiro atoms. The summed E-state index contributed by atoms with van der Waals surface area (Å²) in [4.78, 5) is 15.9. The molecular weight excluding hydrogens is 222 g/mol. The standard InChI is InChI=1S/C11H11N3OS/c1-7-5-10(4-3-9(7)6-15)16-11-12-8(2)13-14-11/h3-6H,1-2H3,(H,12,13,14). The van der Waals surface area contributed by atoms with Crippen molar-refractivity contribution < 1.29 is 4.79 Å². The average Bonchev–Trinajstić information content (AvgIpc) is 2.64. The molecule has 0 saturated carbocycles. The van der Waals surface area contributed by atoms with Gasteiger partial charge in [-0.3, -0.25) is 9.89 Å². The summed E-state index contributed by atoms with van der Waals surface area (Å²) >= 11 is 1.47. The molecular formula is C11H11N3OS. The van der Waals surface area contributed by atoms with Crippen molar-refractivity contribution in [1.82, 2.24) is 15.2 Å². The zero-order valence-electron chi connectivity index (χ0n) is 9.02. The van der Waals surface area contributed by atoms with Crippen LogP contribution in [-0.2, 0) is 0 Å². The summed E-state index contributed by atoms with van der Waals surface area (Å²) in [6.07, 6.45) is 0.862. The quantitative estimate of drug-likeness (QED) is 0.827. The SMILES string of the molecule is Cc1nc(Sc2ccc(C=O)c(C)c2)n[nH]1. The molecule has 0 amide bonds. The molecule has 0 aliphatic carbocycles. The third-order valence-electron chi connectivity index (χ3n) is 2.15. The number of H-pyrrole nitrogens is 1. The Hall–Kier alpha value is -1.62. The minimum atomic E-state index is 0.691. The van der Waals surface area contributed by atoms with E-state index in [-0.39, 0.29) is 0 Å². The van der Waals surface area contributed by atoms with E-state index < -0.39 is 0 Å². The van der Waals surface area contributed by atoms with E-state index in [1.165, 1.54) is 11.8 Å². The smallest absolute Gasteiger partial charge is 0.213 e. The van der Waals surface area contributed by atoms with E-state index in [0.717, 1.165) is 28.1 Å². The van der Waals surface area contributed by atoms with Gasteiger partial charge in [0.15, 0.2) is 0 Å². The van der Waals surface area contributed by atoms with E-state index >= 15 is 0 Å². The lowest BCUT2D eigenvalue weighted by molar-refractivity contribution is 0.112. The minimum Gasteiger partial charge on any atom is -0.298 e. The van der Waals surface area contributed by atoms with Crippen molar-refractivity contribution in [3.05, 3.63) is 35.2 Å². The predicted molar refractivity (Wildman–Crippen MR) is 61.8 cm³/mol. The Morgan fingerprint density at radius 3 is 2.75 bits per heavy atom. The monoisotopic (exact) mass is 233 g/mol. The molecule has 1 aromatic carbocycles. The van der Waals surface area contributed by atoms with Gasteiger partial charge >= 0.3 is 0 Å². The molecule has 0 unspecified atom stereocenters. The average molecular weight is 233 g/mol. The molecule has 5 heteroatoms. The first-order chi connectivity index (χ1) is 7.69. The van der Waals surface area contributed by atoms with E-state index in [1.54, 1.807) is 0 Å². The van der Waals surface area contributed by atoms with Gasteiger partial charge in [0.1, 0.15) is 12.1 Å². The Balaban J connectivity index is 2.22. The highest BCUT2D eigenvalue weighted by Gasteiger charge is 2.04.